The Balaban J connectivity index is 1.87. The number of carbonyl (C=O) groups excluding carboxylic acids is 1. The average Bonchev–Trinajstić information content (AvgIpc) is 2.96. The topological polar surface area (TPSA) is 91.5 Å². The summed E-state index contributed by atoms with van der Waals surface area (Å²) in [5.74, 6) is -1.67. The van der Waals surface area contributed by atoms with E-state index in [1.165, 1.54) is 14.1 Å². The van der Waals surface area contributed by atoms with Crippen LogP contribution in [0, 0.1) is 12.7 Å². The summed E-state index contributed by atoms with van der Waals surface area (Å²) in [5, 5.41) is 0.871. The van der Waals surface area contributed by atoms with Crippen LogP contribution in [0.25, 0.3) is 10.9 Å². The molecule has 3 aromatic rings. The number of hydrogen-bond donors (Lipinski definition) is 2. The largest absolute Gasteiger partial charge is 0.456 e. The predicted molar refractivity (Wildman–Crippen MR) is 105 cm³/mol. The van der Waals surface area contributed by atoms with Crippen LogP contribution in [0.1, 0.15) is 16.1 Å². The van der Waals surface area contributed by atoms with E-state index in [1.54, 1.807) is 16.9 Å². The first-order chi connectivity index (χ1) is 13.1. The first-order valence-electron chi connectivity index (χ1n) is 8.07. The predicted octanol–water partition coefficient (Wildman–Crippen LogP) is 3.60. The molecule has 2 aromatic carbocycles. The highest BCUT2D eigenvalue weighted by Crippen LogP contribution is 2.33. The lowest BCUT2D eigenvalue weighted by atomic mass is 10.2. The number of halogens is 2. The van der Waals surface area contributed by atoms with Crippen molar-refractivity contribution < 1.29 is 22.3 Å². The van der Waals surface area contributed by atoms with Gasteiger partial charge in [0.05, 0.1) is 10.6 Å². The number of aromatic nitrogens is 1. The van der Waals surface area contributed by atoms with Gasteiger partial charge in [-0.25, -0.2) is 9.11 Å². The second-order valence-corrected chi connectivity index (χ2v) is 8.58. The minimum Gasteiger partial charge on any atom is -0.456 e. The fourth-order valence-electron chi connectivity index (χ4n) is 2.49. The quantitative estimate of drug-likeness (QED) is 0.653. The van der Waals surface area contributed by atoms with E-state index in [0.29, 0.717) is 5.75 Å². The number of hydrogen-bond acceptors (Lipinski definition) is 4. The van der Waals surface area contributed by atoms with E-state index >= 15 is 0 Å². The van der Waals surface area contributed by atoms with E-state index in [9.17, 15) is 17.6 Å². The molecule has 0 aliphatic rings. The molecule has 28 heavy (non-hydrogen) atoms. The minimum absolute atomic E-state index is 0.00205. The monoisotopic (exact) mass is 425 g/mol. The van der Waals surface area contributed by atoms with Crippen LogP contribution in [0.3, 0.4) is 0 Å². The van der Waals surface area contributed by atoms with Crippen LogP contribution in [-0.2, 0) is 10.2 Å². The highest BCUT2D eigenvalue weighted by atomic mass is 35.5. The molecule has 0 radical (unpaired) electrons. The van der Waals surface area contributed by atoms with Gasteiger partial charge in [-0.05, 0) is 37.3 Å². The molecular weight excluding hydrogens is 409 g/mol. The van der Waals surface area contributed by atoms with Crippen LogP contribution in [0.5, 0.6) is 11.5 Å². The highest BCUT2D eigenvalue weighted by Gasteiger charge is 2.22. The molecule has 2 N–H and O–H groups in total. The number of aryl methyl sites for hydroxylation is 1. The number of carbonyl (C=O) groups is 1. The van der Waals surface area contributed by atoms with Crippen molar-refractivity contribution in [2.75, 3.05) is 14.1 Å². The maximum Gasteiger partial charge on any atom is 0.303 e. The van der Waals surface area contributed by atoms with Gasteiger partial charge in [0.15, 0.2) is 0 Å². The highest BCUT2D eigenvalue weighted by molar-refractivity contribution is 7.87. The van der Waals surface area contributed by atoms with Crippen LogP contribution < -0.4 is 9.46 Å². The van der Waals surface area contributed by atoms with Gasteiger partial charge in [-0.1, -0.05) is 11.6 Å². The van der Waals surface area contributed by atoms with Crippen molar-refractivity contribution >= 4 is 38.6 Å². The Labute approximate surface area is 166 Å². The maximum absolute atomic E-state index is 14.4. The molecule has 7 nitrogen and oxygen atoms in total. The zero-order valence-corrected chi connectivity index (χ0v) is 16.8. The van der Waals surface area contributed by atoms with Gasteiger partial charge in [-0.15, -0.1) is 0 Å². The molecule has 1 aromatic heterocycles. The minimum atomic E-state index is -4.06. The van der Waals surface area contributed by atoms with Crippen LogP contribution >= 0.6 is 11.6 Å². The Morgan fingerprint density at radius 1 is 1.21 bits per heavy atom. The van der Waals surface area contributed by atoms with Gasteiger partial charge in [0.1, 0.15) is 17.3 Å². The van der Waals surface area contributed by atoms with Gasteiger partial charge < -0.3 is 9.72 Å². The molecule has 148 valence electrons. The summed E-state index contributed by atoms with van der Waals surface area (Å²) in [7, 11) is -1.59. The number of amides is 1. The zero-order valence-electron chi connectivity index (χ0n) is 15.2. The van der Waals surface area contributed by atoms with Crippen LogP contribution in [0.2, 0.25) is 5.02 Å². The molecule has 0 aliphatic carbocycles. The molecule has 0 saturated carbocycles. The fraction of sp³-hybridized carbons (Fsp3) is 0.167. The lowest BCUT2D eigenvalue weighted by molar-refractivity contribution is 0.0976. The number of fused-ring (bicyclic) bond motifs is 1. The summed E-state index contributed by atoms with van der Waals surface area (Å²) in [5.41, 5.74) is 1.40. The van der Waals surface area contributed by atoms with Gasteiger partial charge >= 0.3 is 10.2 Å². The number of H-pyrrole nitrogens is 1. The standard InChI is InChI=1S/C18H17ClFN3O4S/c1-10-6-11-7-12(4-5-16(11)21-10)27-17-9-15(20)13(8-14(17)19)18(24)22-28(25,26)23(2)3/h4-9,21H,1-3H3,(H,22,24). The molecule has 0 fully saturated rings. The van der Waals surface area contributed by atoms with Gasteiger partial charge in [-0.2, -0.15) is 12.7 Å². The van der Waals surface area contributed by atoms with Crippen molar-refractivity contribution in [3.8, 4) is 11.5 Å². The van der Waals surface area contributed by atoms with Crippen molar-refractivity contribution in [1.82, 2.24) is 14.0 Å². The third-order valence-corrected chi connectivity index (χ3v) is 5.62. The molecule has 0 atom stereocenters. The van der Waals surface area contributed by atoms with Crippen LogP contribution in [0.4, 0.5) is 4.39 Å². The zero-order chi connectivity index (χ0) is 20.6. The Bertz CT molecular complexity index is 1180. The number of nitrogens with one attached hydrogen (secondary N) is 2. The van der Waals surface area contributed by atoms with Crippen LogP contribution in [0.15, 0.2) is 36.4 Å². The maximum atomic E-state index is 14.4. The summed E-state index contributed by atoms with van der Waals surface area (Å²) < 4.78 is 46.1. The third-order valence-electron chi connectivity index (χ3n) is 3.92. The van der Waals surface area contributed by atoms with E-state index in [0.717, 1.165) is 33.0 Å². The number of ether oxygens (including phenoxy) is 1. The van der Waals surface area contributed by atoms with E-state index in [4.69, 9.17) is 16.3 Å². The van der Waals surface area contributed by atoms with Crippen molar-refractivity contribution in [1.29, 1.82) is 0 Å². The summed E-state index contributed by atoms with van der Waals surface area (Å²) in [4.78, 5) is 15.3. The molecule has 0 unspecified atom stereocenters. The normalized spacial score (nSPS) is 11.8. The summed E-state index contributed by atoms with van der Waals surface area (Å²) in [6, 6.07) is 9.16. The summed E-state index contributed by atoms with van der Waals surface area (Å²) >= 11 is 6.11. The van der Waals surface area contributed by atoms with Crippen molar-refractivity contribution in [2.45, 2.75) is 6.92 Å². The average molecular weight is 426 g/mol. The second-order valence-electron chi connectivity index (χ2n) is 6.28. The lowest BCUT2D eigenvalue weighted by Crippen LogP contribution is -2.39. The van der Waals surface area contributed by atoms with E-state index in [1.807, 2.05) is 19.1 Å². The SMILES string of the molecule is Cc1cc2cc(Oc3cc(F)c(C(=O)NS(=O)(=O)N(C)C)cc3Cl)ccc2[nH]1. The molecule has 1 heterocycles. The van der Waals surface area contributed by atoms with Crippen molar-refractivity contribution in [3.05, 3.63) is 58.5 Å². The Hall–Kier alpha value is -2.62. The first kappa shape index (κ1) is 20.1. The van der Waals surface area contributed by atoms with E-state index < -0.39 is 27.5 Å². The van der Waals surface area contributed by atoms with Crippen LogP contribution in [-0.4, -0.2) is 37.7 Å². The van der Waals surface area contributed by atoms with E-state index in [2.05, 4.69) is 4.98 Å². The smallest absolute Gasteiger partial charge is 0.303 e. The number of aromatic amines is 1. The van der Waals surface area contributed by atoms with Gasteiger partial charge in [0.25, 0.3) is 5.91 Å². The van der Waals surface area contributed by atoms with Crippen molar-refractivity contribution in [3.63, 3.8) is 0 Å². The molecule has 1 amide bonds. The van der Waals surface area contributed by atoms with Crippen molar-refractivity contribution in [2.24, 2.45) is 0 Å². The molecule has 0 aliphatic heterocycles. The second kappa shape index (κ2) is 7.42. The van der Waals surface area contributed by atoms with E-state index in [-0.39, 0.29) is 10.8 Å². The molecule has 0 saturated heterocycles. The molecule has 0 spiro atoms. The lowest BCUT2D eigenvalue weighted by Gasteiger charge is -2.14. The third kappa shape index (κ3) is 4.11. The Kier molecular flexibility index (Phi) is 5.33. The molecule has 3 rings (SSSR count). The first-order valence-corrected chi connectivity index (χ1v) is 9.89. The number of benzene rings is 2. The summed E-state index contributed by atoms with van der Waals surface area (Å²) in [6.07, 6.45) is 0. The van der Waals surface area contributed by atoms with Gasteiger partial charge in [0.2, 0.25) is 0 Å². The molecular formula is C18H17ClFN3O4S. The molecule has 0 bridgehead atoms. The molecule has 10 heteroatoms. The Morgan fingerprint density at radius 3 is 2.61 bits per heavy atom. The number of rotatable bonds is 5. The number of nitrogens with zero attached hydrogens (tertiary/aromatic N) is 1. The van der Waals surface area contributed by atoms with Gasteiger partial charge in [-0.3, -0.25) is 4.79 Å². The fourth-order valence-corrected chi connectivity index (χ4v) is 3.22. The van der Waals surface area contributed by atoms with Gasteiger partial charge in [0, 0.05) is 36.8 Å². The summed E-state index contributed by atoms with van der Waals surface area (Å²) in [6.45, 7) is 1.92. The Morgan fingerprint density at radius 2 is 1.93 bits per heavy atom.